The fraction of sp³-hybridized carbons (Fsp3) is 0.357. The van der Waals surface area contributed by atoms with Gasteiger partial charge in [-0.1, -0.05) is 30.4 Å². The molecule has 1 aromatic rings. The number of urea groups is 1. The predicted molar refractivity (Wildman–Crippen MR) is 71.8 cm³/mol. The maximum absolute atomic E-state index is 11.4. The van der Waals surface area contributed by atoms with Crippen LogP contribution in [-0.4, -0.2) is 12.6 Å². The zero-order chi connectivity index (χ0) is 12.8. The summed E-state index contributed by atoms with van der Waals surface area (Å²) in [4.78, 5) is 11.4. The van der Waals surface area contributed by atoms with Crippen molar-refractivity contribution in [2.75, 3.05) is 6.54 Å². The molecule has 3 nitrogen and oxygen atoms in total. The summed E-state index contributed by atoms with van der Waals surface area (Å²) in [5.74, 6) is 0. The third-order valence-corrected chi connectivity index (χ3v) is 2.56. The number of carbonyl (C=O) groups excluding carboxylic acids is 1. The average Bonchev–Trinajstić information content (AvgIpc) is 2.29. The van der Waals surface area contributed by atoms with E-state index in [2.05, 4.69) is 23.3 Å². The summed E-state index contributed by atoms with van der Waals surface area (Å²) in [5, 5.41) is 5.60. The second-order valence-corrected chi connectivity index (χ2v) is 4.13. The van der Waals surface area contributed by atoms with Gasteiger partial charge in [-0.05, 0) is 38.0 Å². The van der Waals surface area contributed by atoms with Gasteiger partial charge in [0.1, 0.15) is 0 Å². The van der Waals surface area contributed by atoms with Gasteiger partial charge in [-0.3, -0.25) is 0 Å². The highest BCUT2D eigenvalue weighted by molar-refractivity contribution is 5.74. The number of carbonyl (C=O) groups is 1. The van der Waals surface area contributed by atoms with Crippen LogP contribution >= 0.6 is 0 Å². The highest BCUT2D eigenvalue weighted by Gasteiger charge is 2.08. The van der Waals surface area contributed by atoms with E-state index in [0.29, 0.717) is 6.54 Å². The molecule has 2 N–H and O–H groups in total. The molecule has 0 bridgehead atoms. The van der Waals surface area contributed by atoms with E-state index in [1.165, 1.54) is 0 Å². The van der Waals surface area contributed by atoms with Crippen LogP contribution in [0.1, 0.15) is 37.9 Å². The zero-order valence-electron chi connectivity index (χ0n) is 10.7. The molecule has 3 heteroatoms. The molecule has 1 atom stereocenters. The molecular weight excluding hydrogens is 212 g/mol. The number of rotatable bonds is 4. The molecule has 17 heavy (non-hydrogen) atoms. The molecule has 0 aliphatic carbocycles. The van der Waals surface area contributed by atoms with E-state index in [9.17, 15) is 4.79 Å². The molecule has 0 heterocycles. The molecule has 2 amide bonds. The van der Waals surface area contributed by atoms with Crippen molar-refractivity contribution in [3.05, 3.63) is 42.0 Å². The van der Waals surface area contributed by atoms with Crippen LogP contribution in [0, 0.1) is 0 Å². The normalized spacial score (nSPS) is 11.7. The van der Waals surface area contributed by atoms with Crippen molar-refractivity contribution in [3.63, 3.8) is 0 Å². The van der Waals surface area contributed by atoms with Gasteiger partial charge in [-0.15, -0.1) is 0 Å². The lowest BCUT2D eigenvalue weighted by atomic mass is 10.0. The van der Waals surface area contributed by atoms with Gasteiger partial charge in [-0.25, -0.2) is 4.79 Å². The molecular formula is C14H20N2O. The molecule has 1 rings (SSSR count). The number of allylic oxidation sites excluding steroid dienone is 1. The minimum Gasteiger partial charge on any atom is -0.338 e. The van der Waals surface area contributed by atoms with Crippen molar-refractivity contribution >= 4 is 11.6 Å². The second kappa shape index (κ2) is 6.09. The third-order valence-electron chi connectivity index (χ3n) is 2.56. The Kier molecular flexibility index (Phi) is 4.76. The lowest BCUT2D eigenvalue weighted by molar-refractivity contribution is 0.238. The van der Waals surface area contributed by atoms with Crippen molar-refractivity contribution in [3.8, 4) is 0 Å². The van der Waals surface area contributed by atoms with Crippen LogP contribution in [0.5, 0.6) is 0 Å². The SMILES string of the molecule is C=C(C)c1cccc(C(C)NC(=O)NCC)c1. The molecule has 0 radical (unpaired) electrons. The van der Waals surface area contributed by atoms with Crippen molar-refractivity contribution < 1.29 is 4.79 Å². The first-order valence-electron chi connectivity index (χ1n) is 5.84. The van der Waals surface area contributed by atoms with E-state index >= 15 is 0 Å². The van der Waals surface area contributed by atoms with Crippen LogP contribution < -0.4 is 10.6 Å². The fourth-order valence-electron chi connectivity index (χ4n) is 1.57. The molecule has 0 aliphatic rings. The molecule has 0 aliphatic heterocycles. The predicted octanol–water partition coefficient (Wildman–Crippen LogP) is 3.10. The summed E-state index contributed by atoms with van der Waals surface area (Å²) in [6.45, 7) is 10.4. The maximum Gasteiger partial charge on any atom is 0.315 e. The van der Waals surface area contributed by atoms with Crippen molar-refractivity contribution in [1.29, 1.82) is 0 Å². The third kappa shape index (κ3) is 3.94. The molecule has 0 aromatic heterocycles. The van der Waals surface area contributed by atoms with E-state index in [1.807, 2.05) is 39.0 Å². The Morgan fingerprint density at radius 2 is 2.18 bits per heavy atom. The van der Waals surface area contributed by atoms with Crippen LogP contribution in [0.2, 0.25) is 0 Å². The minimum absolute atomic E-state index is 0.0131. The molecule has 92 valence electrons. The average molecular weight is 232 g/mol. The first kappa shape index (κ1) is 13.3. The van der Waals surface area contributed by atoms with E-state index in [4.69, 9.17) is 0 Å². The van der Waals surface area contributed by atoms with Gasteiger partial charge in [0, 0.05) is 6.54 Å². The van der Waals surface area contributed by atoms with E-state index in [0.717, 1.165) is 16.7 Å². The van der Waals surface area contributed by atoms with E-state index in [-0.39, 0.29) is 12.1 Å². The minimum atomic E-state index is -0.138. The largest absolute Gasteiger partial charge is 0.338 e. The Hall–Kier alpha value is -1.77. The highest BCUT2D eigenvalue weighted by atomic mass is 16.2. The number of hydrogen-bond donors (Lipinski definition) is 2. The first-order valence-corrected chi connectivity index (χ1v) is 5.84. The van der Waals surface area contributed by atoms with Crippen molar-refractivity contribution in [1.82, 2.24) is 10.6 Å². The van der Waals surface area contributed by atoms with Gasteiger partial charge in [0.05, 0.1) is 6.04 Å². The zero-order valence-corrected chi connectivity index (χ0v) is 10.7. The van der Waals surface area contributed by atoms with Crippen LogP contribution in [0.15, 0.2) is 30.8 Å². The Labute approximate surface area is 103 Å². The molecule has 0 spiro atoms. The molecule has 1 aromatic carbocycles. The number of nitrogens with one attached hydrogen (secondary N) is 2. The van der Waals surface area contributed by atoms with Gasteiger partial charge in [0.25, 0.3) is 0 Å². The maximum atomic E-state index is 11.4. The first-order chi connectivity index (χ1) is 8.04. The summed E-state index contributed by atoms with van der Waals surface area (Å²) < 4.78 is 0. The summed E-state index contributed by atoms with van der Waals surface area (Å²) in [5.41, 5.74) is 3.21. The quantitative estimate of drug-likeness (QED) is 0.823. The Bertz CT molecular complexity index is 412. The standard InChI is InChI=1S/C14H20N2O/c1-5-15-14(17)16-11(4)13-8-6-7-12(9-13)10(2)3/h6-9,11H,2,5H2,1,3-4H3,(H2,15,16,17). The van der Waals surface area contributed by atoms with E-state index < -0.39 is 0 Å². The number of benzene rings is 1. The number of hydrogen-bond acceptors (Lipinski definition) is 1. The lowest BCUT2D eigenvalue weighted by Crippen LogP contribution is -2.36. The molecule has 0 fully saturated rings. The van der Waals surface area contributed by atoms with Crippen molar-refractivity contribution in [2.24, 2.45) is 0 Å². The highest BCUT2D eigenvalue weighted by Crippen LogP contribution is 2.18. The van der Waals surface area contributed by atoms with Gasteiger partial charge < -0.3 is 10.6 Å². The summed E-state index contributed by atoms with van der Waals surface area (Å²) in [7, 11) is 0. The van der Waals surface area contributed by atoms with Gasteiger partial charge in [0.2, 0.25) is 0 Å². The van der Waals surface area contributed by atoms with Gasteiger partial charge in [0.15, 0.2) is 0 Å². The van der Waals surface area contributed by atoms with Crippen molar-refractivity contribution in [2.45, 2.75) is 26.8 Å². The number of amides is 2. The Morgan fingerprint density at radius 1 is 1.47 bits per heavy atom. The van der Waals surface area contributed by atoms with Gasteiger partial charge in [-0.2, -0.15) is 0 Å². The smallest absolute Gasteiger partial charge is 0.315 e. The molecule has 0 saturated heterocycles. The molecule has 0 saturated carbocycles. The second-order valence-electron chi connectivity index (χ2n) is 4.13. The van der Waals surface area contributed by atoms with Crippen LogP contribution in [-0.2, 0) is 0 Å². The monoisotopic (exact) mass is 232 g/mol. The van der Waals surface area contributed by atoms with Crippen LogP contribution in [0.3, 0.4) is 0 Å². The van der Waals surface area contributed by atoms with E-state index in [1.54, 1.807) is 0 Å². The lowest BCUT2D eigenvalue weighted by Gasteiger charge is -2.15. The van der Waals surface area contributed by atoms with Gasteiger partial charge >= 0.3 is 6.03 Å². The topological polar surface area (TPSA) is 41.1 Å². The fourth-order valence-corrected chi connectivity index (χ4v) is 1.57. The summed E-state index contributed by atoms with van der Waals surface area (Å²) >= 11 is 0. The summed E-state index contributed by atoms with van der Waals surface area (Å²) in [6.07, 6.45) is 0. The Balaban J connectivity index is 2.75. The van der Waals surface area contributed by atoms with Crippen LogP contribution in [0.25, 0.3) is 5.57 Å². The molecule has 1 unspecified atom stereocenters. The van der Waals surface area contributed by atoms with Crippen LogP contribution in [0.4, 0.5) is 4.79 Å². The summed E-state index contributed by atoms with van der Waals surface area (Å²) in [6, 6.07) is 7.91. The Morgan fingerprint density at radius 3 is 2.76 bits per heavy atom.